The minimum absolute atomic E-state index is 0.0325. The fourth-order valence-corrected chi connectivity index (χ4v) is 3.25. The molecule has 0 spiro atoms. The molecular weight excluding hydrogens is 360 g/mol. The van der Waals surface area contributed by atoms with Gasteiger partial charge in [-0.15, -0.1) is 0 Å². The number of amides is 1. The van der Waals surface area contributed by atoms with Crippen LogP contribution in [0.2, 0.25) is 0 Å². The summed E-state index contributed by atoms with van der Waals surface area (Å²) in [5, 5.41) is 23.5. The van der Waals surface area contributed by atoms with Gasteiger partial charge in [0, 0.05) is 13.1 Å². The first kappa shape index (κ1) is 20.9. The van der Waals surface area contributed by atoms with E-state index in [1.807, 2.05) is 54.1 Å². The number of hydrogen-bond donors (Lipinski definition) is 4. The summed E-state index contributed by atoms with van der Waals surface area (Å²) in [5.41, 5.74) is 1.04. The lowest BCUT2D eigenvalue weighted by Gasteiger charge is -2.24. The van der Waals surface area contributed by atoms with E-state index in [1.165, 1.54) is 5.56 Å². The quantitative estimate of drug-likeness (QED) is 0.390. The van der Waals surface area contributed by atoms with Crippen LogP contribution in [0.3, 0.4) is 0 Å². The van der Waals surface area contributed by atoms with Gasteiger partial charge in [-0.05, 0) is 48.2 Å². The number of rotatable bonds is 9. The highest BCUT2D eigenvalue weighted by atomic mass is 32.1. The summed E-state index contributed by atoms with van der Waals surface area (Å²) >= 11 is 1.54. The second-order valence-electron chi connectivity index (χ2n) is 6.42. The van der Waals surface area contributed by atoms with Crippen LogP contribution in [0.1, 0.15) is 25.0 Å². The van der Waals surface area contributed by atoms with E-state index in [4.69, 9.17) is 0 Å². The van der Waals surface area contributed by atoms with Crippen molar-refractivity contribution in [3.8, 4) is 0 Å². The molecule has 2 rings (SSSR count). The minimum Gasteiger partial charge on any atom is -0.384 e. The highest BCUT2D eigenvalue weighted by Gasteiger charge is 2.23. The lowest BCUT2D eigenvalue weighted by Crippen LogP contribution is -2.45. The Morgan fingerprint density at radius 2 is 1.96 bits per heavy atom. The average Bonchev–Trinajstić information content (AvgIpc) is 3.21. The maximum absolute atomic E-state index is 12.0. The molecule has 1 unspecified atom stereocenters. The molecule has 1 aromatic carbocycles. The van der Waals surface area contributed by atoms with Gasteiger partial charge in [-0.3, -0.25) is 4.79 Å². The summed E-state index contributed by atoms with van der Waals surface area (Å²) in [7, 11) is 0. The molecule has 1 aromatic heterocycles. The number of aliphatic hydroxyl groups is 1. The van der Waals surface area contributed by atoms with Crippen molar-refractivity contribution in [2.45, 2.75) is 25.9 Å². The van der Waals surface area contributed by atoms with E-state index in [0.717, 1.165) is 12.0 Å². The third-order valence-corrected chi connectivity index (χ3v) is 4.73. The van der Waals surface area contributed by atoms with Crippen molar-refractivity contribution in [2.75, 3.05) is 26.2 Å². The fraction of sp³-hybridized carbons (Fsp3) is 0.400. The number of benzene rings is 1. The van der Waals surface area contributed by atoms with Crippen LogP contribution in [0.5, 0.6) is 0 Å². The molecule has 0 saturated heterocycles. The SMILES string of the molecule is CCNC(=NCC(=O)NCCc1ccccc1)NCC(C)(O)c1ccsc1. The van der Waals surface area contributed by atoms with Crippen molar-refractivity contribution in [1.29, 1.82) is 0 Å². The van der Waals surface area contributed by atoms with Gasteiger partial charge in [-0.1, -0.05) is 30.3 Å². The molecule has 6 nitrogen and oxygen atoms in total. The van der Waals surface area contributed by atoms with Gasteiger partial charge >= 0.3 is 0 Å². The number of nitrogens with one attached hydrogen (secondary N) is 3. The standard InChI is InChI=1S/C20H28N4O2S/c1-3-21-19(24-15-20(2,26)17-10-12-27-14-17)23-13-18(25)22-11-9-16-7-5-4-6-8-16/h4-8,10,12,14,26H,3,9,11,13,15H2,1-2H3,(H,22,25)(H2,21,23,24). The molecule has 0 aliphatic carbocycles. The third-order valence-electron chi connectivity index (χ3n) is 4.05. The van der Waals surface area contributed by atoms with Gasteiger partial charge in [0.25, 0.3) is 0 Å². The van der Waals surface area contributed by atoms with Gasteiger partial charge in [0.1, 0.15) is 12.1 Å². The topological polar surface area (TPSA) is 85.8 Å². The van der Waals surface area contributed by atoms with Gasteiger partial charge in [-0.2, -0.15) is 11.3 Å². The van der Waals surface area contributed by atoms with Gasteiger partial charge < -0.3 is 21.1 Å². The van der Waals surface area contributed by atoms with E-state index in [9.17, 15) is 9.90 Å². The fourth-order valence-electron chi connectivity index (χ4n) is 2.47. The lowest BCUT2D eigenvalue weighted by molar-refractivity contribution is -0.119. The Balaban J connectivity index is 1.79. The molecule has 1 amide bonds. The maximum Gasteiger partial charge on any atom is 0.241 e. The van der Waals surface area contributed by atoms with E-state index in [0.29, 0.717) is 25.6 Å². The molecule has 1 heterocycles. The lowest BCUT2D eigenvalue weighted by atomic mass is 9.99. The zero-order chi connectivity index (χ0) is 19.5. The first-order valence-corrected chi connectivity index (χ1v) is 10.0. The molecule has 0 bridgehead atoms. The highest BCUT2D eigenvalue weighted by Crippen LogP contribution is 2.21. The van der Waals surface area contributed by atoms with E-state index in [1.54, 1.807) is 18.3 Å². The Hall–Kier alpha value is -2.38. The summed E-state index contributed by atoms with van der Waals surface area (Å²) < 4.78 is 0. The number of aliphatic imine (C=N–C) groups is 1. The number of hydrogen-bond acceptors (Lipinski definition) is 4. The number of thiophene rings is 1. The number of nitrogens with zero attached hydrogens (tertiary/aromatic N) is 1. The van der Waals surface area contributed by atoms with Crippen LogP contribution < -0.4 is 16.0 Å². The zero-order valence-electron chi connectivity index (χ0n) is 15.9. The van der Waals surface area contributed by atoms with Crippen LogP contribution in [0.25, 0.3) is 0 Å². The maximum atomic E-state index is 12.0. The van der Waals surface area contributed by atoms with E-state index in [-0.39, 0.29) is 12.5 Å². The molecule has 0 saturated carbocycles. The molecule has 4 N–H and O–H groups in total. The van der Waals surface area contributed by atoms with Crippen molar-refractivity contribution in [3.63, 3.8) is 0 Å². The van der Waals surface area contributed by atoms with Crippen molar-refractivity contribution >= 4 is 23.2 Å². The Kier molecular flexibility index (Phi) is 8.29. The largest absolute Gasteiger partial charge is 0.384 e. The first-order chi connectivity index (χ1) is 13.0. The average molecular weight is 389 g/mol. The molecule has 0 fully saturated rings. The van der Waals surface area contributed by atoms with Crippen LogP contribution in [0.15, 0.2) is 52.2 Å². The van der Waals surface area contributed by atoms with E-state index in [2.05, 4.69) is 20.9 Å². The molecule has 0 aliphatic rings. The minimum atomic E-state index is -1.01. The predicted octanol–water partition coefficient (Wildman–Crippen LogP) is 1.87. The van der Waals surface area contributed by atoms with E-state index >= 15 is 0 Å². The molecule has 146 valence electrons. The van der Waals surface area contributed by atoms with Crippen molar-refractivity contribution < 1.29 is 9.90 Å². The second kappa shape index (κ2) is 10.7. The van der Waals surface area contributed by atoms with Gasteiger partial charge in [-0.25, -0.2) is 4.99 Å². The smallest absolute Gasteiger partial charge is 0.241 e. The molecule has 0 radical (unpaired) electrons. The summed E-state index contributed by atoms with van der Waals surface area (Å²) in [6, 6.07) is 11.9. The van der Waals surface area contributed by atoms with Crippen LogP contribution in [-0.4, -0.2) is 43.2 Å². The molecule has 7 heteroatoms. The summed E-state index contributed by atoms with van der Waals surface area (Å²) in [6.07, 6.45) is 0.790. The normalized spacial score (nSPS) is 13.7. The Bertz CT molecular complexity index is 715. The molecule has 27 heavy (non-hydrogen) atoms. The van der Waals surface area contributed by atoms with E-state index < -0.39 is 5.60 Å². The number of guanidine groups is 1. The van der Waals surface area contributed by atoms with Gasteiger partial charge in [0.15, 0.2) is 5.96 Å². The number of carbonyl (C=O) groups excluding carboxylic acids is 1. The van der Waals surface area contributed by atoms with Crippen LogP contribution >= 0.6 is 11.3 Å². The Morgan fingerprint density at radius 3 is 2.63 bits per heavy atom. The Morgan fingerprint density at radius 1 is 1.19 bits per heavy atom. The van der Waals surface area contributed by atoms with Crippen LogP contribution in [0, 0.1) is 0 Å². The van der Waals surface area contributed by atoms with Crippen LogP contribution in [0.4, 0.5) is 0 Å². The van der Waals surface area contributed by atoms with Gasteiger partial charge in [0.05, 0.1) is 6.54 Å². The molecular formula is C20H28N4O2S. The third kappa shape index (κ3) is 7.40. The Labute approximate surface area is 164 Å². The van der Waals surface area contributed by atoms with Crippen molar-refractivity contribution in [2.24, 2.45) is 4.99 Å². The highest BCUT2D eigenvalue weighted by molar-refractivity contribution is 7.08. The number of carbonyl (C=O) groups is 1. The predicted molar refractivity (Wildman–Crippen MR) is 111 cm³/mol. The summed E-state index contributed by atoms with van der Waals surface area (Å²) in [6.45, 7) is 5.28. The second-order valence-corrected chi connectivity index (χ2v) is 7.20. The zero-order valence-corrected chi connectivity index (χ0v) is 16.7. The molecule has 1 atom stereocenters. The summed E-state index contributed by atoms with van der Waals surface area (Å²) in [5.74, 6) is 0.374. The van der Waals surface area contributed by atoms with Gasteiger partial charge in [0.2, 0.25) is 5.91 Å². The monoisotopic (exact) mass is 388 g/mol. The van der Waals surface area contributed by atoms with Crippen LogP contribution in [-0.2, 0) is 16.8 Å². The summed E-state index contributed by atoms with van der Waals surface area (Å²) in [4.78, 5) is 16.3. The first-order valence-electron chi connectivity index (χ1n) is 9.09. The van der Waals surface area contributed by atoms with Crippen molar-refractivity contribution in [3.05, 3.63) is 58.3 Å². The molecule has 2 aromatic rings. The molecule has 0 aliphatic heterocycles. The van der Waals surface area contributed by atoms with Crippen molar-refractivity contribution in [1.82, 2.24) is 16.0 Å².